The first-order valence-electron chi connectivity index (χ1n) is 8.54. The van der Waals surface area contributed by atoms with Gasteiger partial charge in [0.25, 0.3) is 0 Å². The van der Waals surface area contributed by atoms with E-state index >= 15 is 0 Å². The van der Waals surface area contributed by atoms with Crippen LogP contribution in [-0.4, -0.2) is 19.7 Å². The molecule has 0 aromatic heterocycles. The number of hydrogen-bond acceptors (Lipinski definition) is 2. The molecule has 0 bridgehead atoms. The minimum absolute atomic E-state index is 0.441. The molecule has 1 atom stereocenters. The third kappa shape index (κ3) is 4.47. The maximum atomic E-state index is 5.37. The van der Waals surface area contributed by atoms with E-state index in [1.165, 1.54) is 44.1 Å². The van der Waals surface area contributed by atoms with E-state index in [9.17, 15) is 0 Å². The van der Waals surface area contributed by atoms with Crippen molar-refractivity contribution in [1.29, 1.82) is 0 Å². The van der Waals surface area contributed by atoms with E-state index in [0.29, 0.717) is 11.5 Å². The summed E-state index contributed by atoms with van der Waals surface area (Å²) >= 11 is 0. The first-order valence-corrected chi connectivity index (χ1v) is 8.54. The molecule has 0 saturated heterocycles. The fourth-order valence-electron chi connectivity index (χ4n) is 3.63. The third-order valence-electron chi connectivity index (χ3n) is 5.05. The number of rotatable bonds is 7. The molecule has 0 aliphatic heterocycles. The monoisotopic (exact) mass is 289 g/mol. The first-order chi connectivity index (χ1) is 10.2. The van der Waals surface area contributed by atoms with Crippen LogP contribution < -0.4 is 10.1 Å². The lowest BCUT2D eigenvalue weighted by Crippen LogP contribution is -2.46. The van der Waals surface area contributed by atoms with Crippen molar-refractivity contribution in [2.45, 2.75) is 64.8 Å². The van der Waals surface area contributed by atoms with Crippen LogP contribution in [0.3, 0.4) is 0 Å². The lowest BCUT2D eigenvalue weighted by Gasteiger charge is -2.41. The molecule has 0 amide bonds. The van der Waals surface area contributed by atoms with Crippen LogP contribution in [0.15, 0.2) is 24.3 Å². The number of ether oxygens (including phenoxy) is 1. The Bertz CT molecular complexity index is 423. The van der Waals surface area contributed by atoms with Gasteiger partial charge in [-0.1, -0.05) is 45.2 Å². The van der Waals surface area contributed by atoms with Crippen LogP contribution in [-0.2, 0) is 6.42 Å². The number of hydrogen-bond donors (Lipinski definition) is 1. The average molecular weight is 289 g/mol. The summed E-state index contributed by atoms with van der Waals surface area (Å²) in [6.45, 7) is 5.85. The molecule has 0 radical (unpaired) electrons. The quantitative estimate of drug-likeness (QED) is 0.793. The Labute approximate surface area is 130 Å². The van der Waals surface area contributed by atoms with Crippen LogP contribution >= 0.6 is 0 Å². The van der Waals surface area contributed by atoms with E-state index in [1.807, 2.05) is 6.07 Å². The van der Waals surface area contributed by atoms with E-state index in [-0.39, 0.29) is 0 Å². The summed E-state index contributed by atoms with van der Waals surface area (Å²) in [7, 11) is 1.74. The van der Waals surface area contributed by atoms with Crippen molar-refractivity contribution in [3.8, 4) is 5.75 Å². The first kappa shape index (κ1) is 16.4. The summed E-state index contributed by atoms with van der Waals surface area (Å²) in [5.74, 6) is 0.968. The molecule has 2 heteroatoms. The van der Waals surface area contributed by atoms with Gasteiger partial charge in [0, 0.05) is 6.04 Å². The molecule has 1 aromatic rings. The molecule has 0 spiro atoms. The van der Waals surface area contributed by atoms with Crippen molar-refractivity contribution in [3.63, 3.8) is 0 Å². The Morgan fingerprint density at radius 3 is 2.67 bits per heavy atom. The summed E-state index contributed by atoms with van der Waals surface area (Å²) in [5, 5.41) is 3.82. The van der Waals surface area contributed by atoms with Gasteiger partial charge in [-0.15, -0.1) is 0 Å². The number of methoxy groups -OCH3 is 1. The molecule has 1 unspecified atom stereocenters. The molecule has 1 aromatic carbocycles. The summed E-state index contributed by atoms with van der Waals surface area (Å²) in [6, 6.07) is 9.13. The normalized spacial score (nSPS) is 19.2. The van der Waals surface area contributed by atoms with Gasteiger partial charge in [0.1, 0.15) is 5.75 Å². The predicted octanol–water partition coefficient (Wildman–Crippen LogP) is 4.58. The standard InChI is InChI=1S/C19H31NO/c1-4-13-20-18(19(2)11-6-5-7-12-19)15-16-9-8-10-17(14-16)21-3/h8-10,14,18,20H,4-7,11-13,15H2,1-3H3. The van der Waals surface area contributed by atoms with Gasteiger partial charge in [-0.2, -0.15) is 0 Å². The Kier molecular flexibility index (Phi) is 6.10. The third-order valence-corrected chi connectivity index (χ3v) is 5.05. The minimum atomic E-state index is 0.441. The van der Waals surface area contributed by atoms with Crippen LogP contribution in [0.5, 0.6) is 5.75 Å². The second-order valence-corrected chi connectivity index (χ2v) is 6.78. The Morgan fingerprint density at radius 1 is 1.24 bits per heavy atom. The van der Waals surface area contributed by atoms with Crippen LogP contribution in [0, 0.1) is 5.41 Å². The molecule has 1 aliphatic rings. The highest BCUT2D eigenvalue weighted by Crippen LogP contribution is 2.40. The fraction of sp³-hybridized carbons (Fsp3) is 0.684. The molecule has 118 valence electrons. The molecule has 21 heavy (non-hydrogen) atoms. The Morgan fingerprint density at radius 2 is 2.00 bits per heavy atom. The van der Waals surface area contributed by atoms with Crippen molar-refractivity contribution < 1.29 is 4.74 Å². The van der Waals surface area contributed by atoms with Crippen molar-refractivity contribution >= 4 is 0 Å². The minimum Gasteiger partial charge on any atom is -0.497 e. The zero-order valence-corrected chi connectivity index (χ0v) is 14.0. The predicted molar refractivity (Wildman–Crippen MR) is 90.0 cm³/mol. The van der Waals surface area contributed by atoms with Gasteiger partial charge in [-0.25, -0.2) is 0 Å². The fourth-order valence-corrected chi connectivity index (χ4v) is 3.63. The van der Waals surface area contributed by atoms with E-state index in [2.05, 4.69) is 37.4 Å². The molecule has 1 N–H and O–H groups in total. The van der Waals surface area contributed by atoms with E-state index in [0.717, 1.165) is 18.7 Å². The lowest BCUT2D eigenvalue weighted by atomic mass is 9.69. The maximum Gasteiger partial charge on any atom is 0.119 e. The Balaban J connectivity index is 2.11. The van der Waals surface area contributed by atoms with Crippen molar-refractivity contribution in [2.24, 2.45) is 5.41 Å². The molecule has 0 heterocycles. The summed E-state index contributed by atoms with van der Waals surface area (Å²) in [6.07, 6.45) is 9.21. The summed E-state index contributed by atoms with van der Waals surface area (Å²) < 4.78 is 5.37. The molecule has 2 nitrogen and oxygen atoms in total. The molecule has 1 fully saturated rings. The van der Waals surface area contributed by atoms with Crippen molar-refractivity contribution in [3.05, 3.63) is 29.8 Å². The van der Waals surface area contributed by atoms with E-state index in [1.54, 1.807) is 7.11 Å². The van der Waals surface area contributed by atoms with Gasteiger partial charge in [0.2, 0.25) is 0 Å². The molecular weight excluding hydrogens is 258 g/mol. The van der Waals surface area contributed by atoms with E-state index < -0.39 is 0 Å². The van der Waals surface area contributed by atoms with Crippen LogP contribution in [0.25, 0.3) is 0 Å². The van der Waals surface area contributed by atoms with Gasteiger partial charge >= 0.3 is 0 Å². The van der Waals surface area contributed by atoms with Gasteiger partial charge in [0.05, 0.1) is 7.11 Å². The highest BCUT2D eigenvalue weighted by Gasteiger charge is 2.34. The summed E-state index contributed by atoms with van der Waals surface area (Å²) in [5.41, 5.74) is 1.82. The topological polar surface area (TPSA) is 21.3 Å². The lowest BCUT2D eigenvalue weighted by molar-refractivity contribution is 0.143. The second-order valence-electron chi connectivity index (χ2n) is 6.78. The zero-order valence-electron chi connectivity index (χ0n) is 14.0. The highest BCUT2D eigenvalue weighted by molar-refractivity contribution is 5.29. The van der Waals surface area contributed by atoms with Gasteiger partial charge in [-0.05, 0) is 55.3 Å². The van der Waals surface area contributed by atoms with Crippen LogP contribution in [0.1, 0.15) is 57.9 Å². The van der Waals surface area contributed by atoms with Crippen LogP contribution in [0.4, 0.5) is 0 Å². The second kappa shape index (κ2) is 7.84. The molecule has 2 rings (SSSR count). The maximum absolute atomic E-state index is 5.37. The largest absolute Gasteiger partial charge is 0.497 e. The highest BCUT2D eigenvalue weighted by atomic mass is 16.5. The average Bonchev–Trinajstić information content (AvgIpc) is 2.52. The number of nitrogens with one attached hydrogen (secondary N) is 1. The van der Waals surface area contributed by atoms with Gasteiger partial charge in [0.15, 0.2) is 0 Å². The molecule has 1 saturated carbocycles. The number of benzene rings is 1. The Hall–Kier alpha value is -1.02. The van der Waals surface area contributed by atoms with E-state index in [4.69, 9.17) is 4.74 Å². The summed E-state index contributed by atoms with van der Waals surface area (Å²) in [4.78, 5) is 0. The van der Waals surface area contributed by atoms with Crippen LogP contribution in [0.2, 0.25) is 0 Å². The SMILES string of the molecule is CCCNC(Cc1cccc(OC)c1)C1(C)CCCCC1. The van der Waals surface area contributed by atoms with Gasteiger partial charge < -0.3 is 10.1 Å². The van der Waals surface area contributed by atoms with Gasteiger partial charge in [-0.3, -0.25) is 0 Å². The zero-order chi connectivity index (χ0) is 15.1. The van der Waals surface area contributed by atoms with Crippen molar-refractivity contribution in [2.75, 3.05) is 13.7 Å². The van der Waals surface area contributed by atoms with Crippen molar-refractivity contribution in [1.82, 2.24) is 5.32 Å². The molecular formula is C19H31NO. The molecule has 1 aliphatic carbocycles. The smallest absolute Gasteiger partial charge is 0.119 e.